The molecule has 2 aromatic carbocycles. The fourth-order valence-electron chi connectivity index (χ4n) is 3.46. The zero-order valence-corrected chi connectivity index (χ0v) is 16.4. The number of hydrogen-bond donors (Lipinski definition) is 1. The molecule has 1 aliphatic rings. The summed E-state index contributed by atoms with van der Waals surface area (Å²) in [5, 5.41) is 6.91. The molecule has 7 nitrogen and oxygen atoms in total. The Bertz CT molecular complexity index is 1330. The van der Waals surface area contributed by atoms with Crippen molar-refractivity contribution in [3.63, 3.8) is 0 Å². The molecular formula is C22H15F3N4O3. The van der Waals surface area contributed by atoms with E-state index in [1.165, 1.54) is 22.8 Å². The third-order valence-corrected chi connectivity index (χ3v) is 5.02. The number of alkyl halides is 3. The van der Waals surface area contributed by atoms with Crippen LogP contribution < -0.4 is 14.8 Å². The Morgan fingerprint density at radius 1 is 1.09 bits per heavy atom. The molecule has 3 heterocycles. The molecule has 0 aliphatic carbocycles. The van der Waals surface area contributed by atoms with Gasteiger partial charge in [0.25, 0.3) is 5.91 Å². The molecule has 32 heavy (non-hydrogen) atoms. The molecule has 0 spiro atoms. The van der Waals surface area contributed by atoms with Gasteiger partial charge in [-0.15, -0.1) is 0 Å². The van der Waals surface area contributed by atoms with E-state index in [1.807, 2.05) is 12.1 Å². The van der Waals surface area contributed by atoms with Crippen LogP contribution in [0.5, 0.6) is 11.5 Å². The third kappa shape index (κ3) is 3.59. The highest BCUT2D eigenvalue weighted by atomic mass is 19.4. The van der Waals surface area contributed by atoms with E-state index in [9.17, 15) is 18.0 Å². The van der Waals surface area contributed by atoms with Crippen LogP contribution >= 0.6 is 0 Å². The van der Waals surface area contributed by atoms with Gasteiger partial charge in [0, 0.05) is 18.3 Å². The van der Waals surface area contributed by atoms with Gasteiger partial charge < -0.3 is 14.8 Å². The summed E-state index contributed by atoms with van der Waals surface area (Å²) in [5.41, 5.74) is 1.57. The molecule has 0 saturated carbocycles. The van der Waals surface area contributed by atoms with Gasteiger partial charge in [0.2, 0.25) is 6.79 Å². The van der Waals surface area contributed by atoms with Crippen LogP contribution in [-0.2, 0) is 12.7 Å². The van der Waals surface area contributed by atoms with Crippen molar-refractivity contribution < 1.29 is 27.4 Å². The summed E-state index contributed by atoms with van der Waals surface area (Å²) >= 11 is 0. The molecule has 0 unspecified atom stereocenters. The van der Waals surface area contributed by atoms with Crippen LogP contribution in [0.4, 0.5) is 13.2 Å². The van der Waals surface area contributed by atoms with Crippen molar-refractivity contribution in [2.75, 3.05) is 6.79 Å². The average Bonchev–Trinajstić information content (AvgIpc) is 3.43. The number of rotatable bonds is 4. The molecule has 1 N–H and O–H groups in total. The third-order valence-electron chi connectivity index (χ3n) is 5.02. The summed E-state index contributed by atoms with van der Waals surface area (Å²) in [6, 6.07) is 12.0. The lowest BCUT2D eigenvalue weighted by Crippen LogP contribution is -2.23. The fraction of sp³-hybridized carbons (Fsp3) is 0.136. The summed E-state index contributed by atoms with van der Waals surface area (Å²) in [5.74, 6) is 0.764. The lowest BCUT2D eigenvalue weighted by atomic mass is 10.1. The van der Waals surface area contributed by atoms with Crippen LogP contribution in [-0.4, -0.2) is 27.3 Å². The van der Waals surface area contributed by atoms with Gasteiger partial charge in [-0.2, -0.15) is 18.3 Å². The van der Waals surface area contributed by atoms with Crippen LogP contribution in [0.15, 0.2) is 60.9 Å². The number of ether oxygens (including phenoxy) is 2. The Hall–Kier alpha value is -4.08. The number of nitrogens with one attached hydrogen (secondary N) is 1. The summed E-state index contributed by atoms with van der Waals surface area (Å²) in [7, 11) is 0. The smallest absolute Gasteiger partial charge is 0.416 e. The molecule has 1 amide bonds. The number of fused-ring (bicyclic) bond motifs is 2. The summed E-state index contributed by atoms with van der Waals surface area (Å²) in [4.78, 5) is 17.0. The number of carbonyl (C=O) groups excluding carboxylic acids is 1. The second kappa shape index (κ2) is 7.56. The molecule has 1 aliphatic heterocycles. The van der Waals surface area contributed by atoms with Crippen LogP contribution in [0, 0.1) is 0 Å². The van der Waals surface area contributed by atoms with Crippen LogP contribution in [0.3, 0.4) is 0 Å². The van der Waals surface area contributed by atoms with E-state index in [-0.39, 0.29) is 18.9 Å². The highest BCUT2D eigenvalue weighted by Crippen LogP contribution is 2.36. The zero-order chi connectivity index (χ0) is 22.3. The van der Waals surface area contributed by atoms with E-state index >= 15 is 0 Å². The standard InChI is InChI=1S/C22H15F3N4O3/c23-22(24,25)15-3-1-2-13(8-15)10-27-21(30)16-11-28-29-17(6-7-26-20(16)29)14-4-5-18-19(9-14)32-12-31-18/h1-9,11H,10,12H2,(H,27,30). The van der Waals surface area contributed by atoms with Gasteiger partial charge in [0.1, 0.15) is 5.56 Å². The first-order valence-electron chi connectivity index (χ1n) is 9.57. The fourth-order valence-corrected chi connectivity index (χ4v) is 3.46. The monoisotopic (exact) mass is 440 g/mol. The van der Waals surface area contributed by atoms with Gasteiger partial charge in [-0.3, -0.25) is 4.79 Å². The molecule has 162 valence electrons. The van der Waals surface area contributed by atoms with Crippen LogP contribution in [0.2, 0.25) is 0 Å². The predicted octanol–water partition coefficient (Wildman–Crippen LogP) is 4.07. The quantitative estimate of drug-likeness (QED) is 0.518. The average molecular weight is 440 g/mol. The summed E-state index contributed by atoms with van der Waals surface area (Å²) in [6.07, 6.45) is -1.52. The lowest BCUT2D eigenvalue weighted by Gasteiger charge is -2.09. The number of nitrogens with zero attached hydrogens (tertiary/aromatic N) is 3. The van der Waals surface area contributed by atoms with Gasteiger partial charge in [-0.1, -0.05) is 12.1 Å². The minimum Gasteiger partial charge on any atom is -0.454 e. The topological polar surface area (TPSA) is 77.8 Å². The van der Waals surface area contributed by atoms with E-state index in [1.54, 1.807) is 18.3 Å². The van der Waals surface area contributed by atoms with E-state index in [0.29, 0.717) is 28.4 Å². The minimum absolute atomic E-state index is 0.0675. The number of benzene rings is 2. The Morgan fingerprint density at radius 3 is 2.78 bits per heavy atom. The predicted molar refractivity (Wildman–Crippen MR) is 107 cm³/mol. The number of hydrogen-bond acceptors (Lipinski definition) is 5. The van der Waals surface area contributed by atoms with Crippen LogP contribution in [0.25, 0.3) is 16.9 Å². The highest BCUT2D eigenvalue weighted by Gasteiger charge is 2.30. The van der Waals surface area contributed by atoms with Crippen LogP contribution in [0.1, 0.15) is 21.5 Å². The maximum Gasteiger partial charge on any atom is 0.416 e. The maximum atomic E-state index is 12.9. The van der Waals surface area contributed by atoms with Crippen molar-refractivity contribution in [3.8, 4) is 22.8 Å². The number of carbonyl (C=O) groups is 1. The first-order chi connectivity index (χ1) is 15.4. The van der Waals surface area contributed by atoms with E-state index in [4.69, 9.17) is 9.47 Å². The number of amides is 1. The Kier molecular flexibility index (Phi) is 4.69. The molecular weight excluding hydrogens is 425 g/mol. The number of halogens is 3. The Labute approximate surface area is 179 Å². The second-order valence-electron chi connectivity index (χ2n) is 7.07. The van der Waals surface area contributed by atoms with Crippen molar-refractivity contribution in [2.45, 2.75) is 12.7 Å². The van der Waals surface area contributed by atoms with Crippen molar-refractivity contribution in [1.29, 1.82) is 0 Å². The van der Waals surface area contributed by atoms with Crippen molar-refractivity contribution in [3.05, 3.63) is 77.6 Å². The van der Waals surface area contributed by atoms with E-state index in [0.717, 1.165) is 17.7 Å². The van der Waals surface area contributed by atoms with Gasteiger partial charge in [0.05, 0.1) is 17.5 Å². The normalized spacial score (nSPS) is 12.8. The molecule has 5 rings (SSSR count). The van der Waals surface area contributed by atoms with Gasteiger partial charge in [-0.25, -0.2) is 9.50 Å². The molecule has 2 aromatic heterocycles. The van der Waals surface area contributed by atoms with Crippen molar-refractivity contribution >= 4 is 11.6 Å². The zero-order valence-electron chi connectivity index (χ0n) is 16.4. The largest absolute Gasteiger partial charge is 0.454 e. The first kappa shape index (κ1) is 19.9. The number of aromatic nitrogens is 3. The van der Waals surface area contributed by atoms with E-state index < -0.39 is 17.6 Å². The van der Waals surface area contributed by atoms with Crippen molar-refractivity contribution in [1.82, 2.24) is 19.9 Å². The molecule has 10 heteroatoms. The van der Waals surface area contributed by atoms with Gasteiger partial charge >= 0.3 is 6.18 Å². The molecule has 0 saturated heterocycles. The van der Waals surface area contributed by atoms with Crippen molar-refractivity contribution in [2.24, 2.45) is 0 Å². The molecule has 4 aromatic rings. The molecule has 0 atom stereocenters. The summed E-state index contributed by atoms with van der Waals surface area (Å²) in [6.45, 7) is 0.0878. The van der Waals surface area contributed by atoms with E-state index in [2.05, 4.69) is 15.4 Å². The minimum atomic E-state index is -4.45. The van der Waals surface area contributed by atoms with Gasteiger partial charge in [0.15, 0.2) is 17.1 Å². The molecule has 0 fully saturated rings. The lowest BCUT2D eigenvalue weighted by molar-refractivity contribution is -0.137. The molecule has 0 radical (unpaired) electrons. The maximum absolute atomic E-state index is 12.9. The second-order valence-corrected chi connectivity index (χ2v) is 7.07. The highest BCUT2D eigenvalue weighted by molar-refractivity contribution is 5.99. The SMILES string of the molecule is O=C(NCc1cccc(C(F)(F)F)c1)c1cnn2c(-c3ccc4c(c3)OCO4)ccnc12. The Balaban J connectivity index is 1.40. The molecule has 0 bridgehead atoms. The first-order valence-corrected chi connectivity index (χ1v) is 9.57. The van der Waals surface area contributed by atoms with Gasteiger partial charge in [-0.05, 0) is 42.0 Å². The Morgan fingerprint density at radius 2 is 1.94 bits per heavy atom. The summed E-state index contributed by atoms with van der Waals surface area (Å²) < 4.78 is 51.0.